The lowest BCUT2D eigenvalue weighted by atomic mass is 10.0. The highest BCUT2D eigenvalue weighted by molar-refractivity contribution is 7.89. The summed E-state index contributed by atoms with van der Waals surface area (Å²) in [6, 6.07) is 14.7. The quantitative estimate of drug-likeness (QED) is 0.915. The number of para-hydroxylation sites is 1. The molecular formula is C16H18N2O2S. The second-order valence-corrected chi connectivity index (χ2v) is 7.09. The molecule has 21 heavy (non-hydrogen) atoms. The average molecular weight is 302 g/mol. The van der Waals surface area contributed by atoms with Crippen molar-refractivity contribution in [1.82, 2.24) is 4.72 Å². The van der Waals surface area contributed by atoms with Crippen LogP contribution in [0.2, 0.25) is 0 Å². The van der Waals surface area contributed by atoms with Gasteiger partial charge in [-0.05, 0) is 37.1 Å². The molecule has 0 bridgehead atoms. The molecule has 1 aliphatic heterocycles. The minimum Gasteiger partial charge on any atom is -0.383 e. The predicted octanol–water partition coefficient (Wildman–Crippen LogP) is 2.31. The van der Waals surface area contributed by atoms with Gasteiger partial charge in [0.1, 0.15) is 0 Å². The van der Waals surface area contributed by atoms with Gasteiger partial charge in [0.05, 0.1) is 4.90 Å². The van der Waals surface area contributed by atoms with Crippen molar-refractivity contribution in [1.29, 1.82) is 0 Å². The Kier molecular flexibility index (Phi) is 3.69. The Hall–Kier alpha value is -1.85. The molecule has 110 valence electrons. The molecule has 0 fully saturated rings. The number of nitrogens with one attached hydrogen (secondary N) is 2. The number of hydrogen-bond acceptors (Lipinski definition) is 3. The van der Waals surface area contributed by atoms with Crippen LogP contribution in [0.4, 0.5) is 5.69 Å². The summed E-state index contributed by atoms with van der Waals surface area (Å²) < 4.78 is 27.6. The van der Waals surface area contributed by atoms with Gasteiger partial charge in [0.25, 0.3) is 0 Å². The van der Waals surface area contributed by atoms with E-state index in [2.05, 4.69) is 10.0 Å². The Morgan fingerprint density at radius 2 is 1.81 bits per heavy atom. The fourth-order valence-electron chi connectivity index (χ4n) is 2.53. The number of hydrogen-bond donors (Lipinski definition) is 2. The van der Waals surface area contributed by atoms with Crippen molar-refractivity contribution in [3.8, 4) is 0 Å². The monoisotopic (exact) mass is 302 g/mol. The number of aryl methyl sites for hydroxylation is 1. The van der Waals surface area contributed by atoms with E-state index in [0.717, 1.165) is 16.8 Å². The van der Waals surface area contributed by atoms with Crippen molar-refractivity contribution < 1.29 is 8.42 Å². The van der Waals surface area contributed by atoms with Gasteiger partial charge in [0.2, 0.25) is 10.0 Å². The van der Waals surface area contributed by atoms with Gasteiger partial charge < -0.3 is 5.32 Å². The highest BCUT2D eigenvalue weighted by Crippen LogP contribution is 2.22. The highest BCUT2D eigenvalue weighted by Gasteiger charge is 2.23. The highest BCUT2D eigenvalue weighted by atomic mass is 32.2. The molecule has 0 aromatic heterocycles. The van der Waals surface area contributed by atoms with Gasteiger partial charge in [-0.1, -0.05) is 35.9 Å². The maximum absolute atomic E-state index is 12.4. The molecule has 0 spiro atoms. The van der Waals surface area contributed by atoms with E-state index >= 15 is 0 Å². The fourth-order valence-corrected chi connectivity index (χ4v) is 3.77. The maximum atomic E-state index is 12.4. The van der Waals surface area contributed by atoms with E-state index in [9.17, 15) is 8.42 Å². The molecule has 0 amide bonds. The Labute approximate surface area is 125 Å². The van der Waals surface area contributed by atoms with E-state index in [1.807, 2.05) is 43.3 Å². The topological polar surface area (TPSA) is 58.2 Å². The summed E-state index contributed by atoms with van der Waals surface area (Å²) in [7, 11) is -3.47. The molecule has 2 aromatic carbocycles. The molecule has 1 atom stereocenters. The predicted molar refractivity (Wildman–Crippen MR) is 83.9 cm³/mol. The van der Waals surface area contributed by atoms with Gasteiger partial charge in [-0.15, -0.1) is 0 Å². The molecule has 2 N–H and O–H groups in total. The first-order valence-corrected chi connectivity index (χ1v) is 8.44. The van der Waals surface area contributed by atoms with Crippen LogP contribution in [0.3, 0.4) is 0 Å². The van der Waals surface area contributed by atoms with Gasteiger partial charge in [-0.25, -0.2) is 13.1 Å². The van der Waals surface area contributed by atoms with Crippen LogP contribution in [0.5, 0.6) is 0 Å². The Morgan fingerprint density at radius 3 is 2.57 bits per heavy atom. The van der Waals surface area contributed by atoms with Crippen LogP contribution in [0.25, 0.3) is 0 Å². The third-order valence-corrected chi connectivity index (χ3v) is 5.21. The summed E-state index contributed by atoms with van der Waals surface area (Å²) >= 11 is 0. The Morgan fingerprint density at radius 1 is 1.10 bits per heavy atom. The molecule has 0 saturated heterocycles. The van der Waals surface area contributed by atoms with Crippen molar-refractivity contribution in [3.63, 3.8) is 0 Å². The smallest absolute Gasteiger partial charge is 0.240 e. The third kappa shape index (κ3) is 3.09. The lowest BCUT2D eigenvalue weighted by Gasteiger charge is -2.26. The summed E-state index contributed by atoms with van der Waals surface area (Å²) in [5.41, 5.74) is 3.27. The van der Waals surface area contributed by atoms with Crippen molar-refractivity contribution >= 4 is 15.7 Å². The van der Waals surface area contributed by atoms with E-state index in [4.69, 9.17) is 0 Å². The van der Waals surface area contributed by atoms with Gasteiger partial charge in [0.15, 0.2) is 0 Å². The molecule has 0 radical (unpaired) electrons. The van der Waals surface area contributed by atoms with Gasteiger partial charge in [-0.2, -0.15) is 0 Å². The maximum Gasteiger partial charge on any atom is 0.240 e. The van der Waals surface area contributed by atoms with Crippen LogP contribution in [0.15, 0.2) is 53.4 Å². The zero-order valence-electron chi connectivity index (χ0n) is 11.8. The first kappa shape index (κ1) is 14.1. The molecule has 0 aliphatic carbocycles. The molecule has 1 heterocycles. The normalized spacial score (nSPS) is 17.9. The van der Waals surface area contributed by atoms with Crippen LogP contribution in [0.1, 0.15) is 11.1 Å². The van der Waals surface area contributed by atoms with Gasteiger partial charge in [-0.3, -0.25) is 0 Å². The van der Waals surface area contributed by atoms with Crippen LogP contribution >= 0.6 is 0 Å². The molecule has 4 nitrogen and oxygen atoms in total. The Balaban J connectivity index is 1.77. The van der Waals surface area contributed by atoms with Gasteiger partial charge >= 0.3 is 0 Å². The number of anilines is 1. The standard InChI is InChI=1S/C16H18N2O2S/c1-12-6-8-15(9-7-12)21(19,20)18-14-10-13-4-2-3-5-16(13)17-11-14/h2-9,14,17-18H,10-11H2,1H3. The van der Waals surface area contributed by atoms with Crippen LogP contribution in [-0.2, 0) is 16.4 Å². The molecule has 1 aliphatic rings. The van der Waals surface area contributed by atoms with Crippen molar-refractivity contribution in [2.24, 2.45) is 0 Å². The third-order valence-electron chi connectivity index (χ3n) is 3.68. The number of fused-ring (bicyclic) bond motifs is 1. The van der Waals surface area contributed by atoms with Crippen molar-refractivity contribution in [3.05, 3.63) is 59.7 Å². The zero-order chi connectivity index (χ0) is 14.9. The average Bonchev–Trinajstić information content (AvgIpc) is 2.47. The molecule has 3 rings (SSSR count). The Bertz CT molecular complexity index is 739. The van der Waals surface area contributed by atoms with E-state index in [1.165, 1.54) is 0 Å². The van der Waals surface area contributed by atoms with Crippen LogP contribution in [0, 0.1) is 6.92 Å². The first-order valence-electron chi connectivity index (χ1n) is 6.95. The summed E-state index contributed by atoms with van der Waals surface area (Å²) in [6.45, 7) is 2.54. The second kappa shape index (κ2) is 5.50. The molecule has 0 saturated carbocycles. The molecule has 1 unspecified atom stereocenters. The van der Waals surface area contributed by atoms with E-state index < -0.39 is 10.0 Å². The summed E-state index contributed by atoms with van der Waals surface area (Å²) in [6.07, 6.45) is 0.703. The minimum atomic E-state index is -3.47. The van der Waals surface area contributed by atoms with Crippen molar-refractivity contribution in [2.45, 2.75) is 24.3 Å². The largest absolute Gasteiger partial charge is 0.383 e. The molecule has 5 heteroatoms. The van der Waals surface area contributed by atoms with E-state index in [-0.39, 0.29) is 6.04 Å². The SMILES string of the molecule is Cc1ccc(S(=O)(=O)NC2CNc3ccccc3C2)cc1. The zero-order valence-corrected chi connectivity index (χ0v) is 12.7. The van der Waals surface area contributed by atoms with E-state index in [0.29, 0.717) is 17.9 Å². The fraction of sp³-hybridized carbons (Fsp3) is 0.250. The number of rotatable bonds is 3. The summed E-state index contributed by atoms with van der Waals surface area (Å²) in [4.78, 5) is 0.312. The minimum absolute atomic E-state index is 0.133. The van der Waals surface area contributed by atoms with Crippen LogP contribution in [-0.4, -0.2) is 21.0 Å². The number of sulfonamides is 1. The molecule has 2 aromatic rings. The molecular weight excluding hydrogens is 284 g/mol. The summed E-state index contributed by atoms with van der Waals surface area (Å²) in [5, 5.41) is 3.27. The lowest BCUT2D eigenvalue weighted by molar-refractivity contribution is 0.548. The van der Waals surface area contributed by atoms with Crippen LogP contribution < -0.4 is 10.0 Å². The lowest BCUT2D eigenvalue weighted by Crippen LogP contribution is -2.43. The number of benzene rings is 2. The second-order valence-electron chi connectivity index (χ2n) is 5.37. The van der Waals surface area contributed by atoms with E-state index in [1.54, 1.807) is 12.1 Å². The first-order chi connectivity index (χ1) is 10.0. The van der Waals surface area contributed by atoms with Crippen molar-refractivity contribution in [2.75, 3.05) is 11.9 Å². The summed E-state index contributed by atoms with van der Waals surface area (Å²) in [5.74, 6) is 0. The van der Waals surface area contributed by atoms with Gasteiger partial charge in [0, 0.05) is 18.3 Å².